The van der Waals surface area contributed by atoms with Gasteiger partial charge in [-0.05, 0) is 18.1 Å². The van der Waals surface area contributed by atoms with Gasteiger partial charge in [-0.2, -0.15) is 0 Å². The minimum atomic E-state index is -0.0153. The molecular weight excluding hydrogens is 210 g/mol. The quantitative estimate of drug-likeness (QED) is 0.851. The lowest BCUT2D eigenvalue weighted by Gasteiger charge is -2.14. The maximum Gasteiger partial charge on any atom is 0.137 e. The first kappa shape index (κ1) is 10.5. The molecule has 1 unspecified atom stereocenters. The summed E-state index contributed by atoms with van der Waals surface area (Å²) in [6, 6.07) is 3.70. The molecule has 2 aromatic heterocycles. The fourth-order valence-electron chi connectivity index (χ4n) is 1.56. The normalized spacial score (nSPS) is 13.7. The van der Waals surface area contributed by atoms with Crippen molar-refractivity contribution in [3.63, 3.8) is 0 Å². The average Bonchev–Trinajstić information content (AvgIpc) is 2.59. The van der Waals surface area contributed by atoms with Crippen LogP contribution >= 0.6 is 11.6 Å². The van der Waals surface area contributed by atoms with Crippen molar-refractivity contribution in [2.24, 2.45) is 11.7 Å². The minimum absolute atomic E-state index is 0.0153. The van der Waals surface area contributed by atoms with E-state index >= 15 is 0 Å². The van der Waals surface area contributed by atoms with E-state index in [0.29, 0.717) is 10.9 Å². The van der Waals surface area contributed by atoms with Crippen molar-refractivity contribution >= 4 is 17.2 Å². The predicted molar refractivity (Wildman–Crippen MR) is 62.0 cm³/mol. The molecule has 0 aliphatic rings. The van der Waals surface area contributed by atoms with Crippen LogP contribution in [0.25, 0.3) is 5.65 Å². The van der Waals surface area contributed by atoms with Crippen LogP contribution in [-0.2, 0) is 0 Å². The number of rotatable bonds is 2. The van der Waals surface area contributed by atoms with Crippen molar-refractivity contribution in [1.29, 1.82) is 0 Å². The molecule has 2 aromatic rings. The number of halogens is 1. The molecule has 0 aliphatic carbocycles. The van der Waals surface area contributed by atoms with Crippen LogP contribution in [0.15, 0.2) is 24.5 Å². The second kappa shape index (κ2) is 3.83. The molecule has 15 heavy (non-hydrogen) atoms. The minimum Gasteiger partial charge on any atom is -0.322 e. The van der Waals surface area contributed by atoms with Crippen molar-refractivity contribution in [2.75, 3.05) is 0 Å². The topological polar surface area (TPSA) is 43.3 Å². The maximum absolute atomic E-state index is 6.09. The van der Waals surface area contributed by atoms with E-state index in [1.807, 2.05) is 28.9 Å². The summed E-state index contributed by atoms with van der Waals surface area (Å²) < 4.78 is 1.95. The van der Waals surface area contributed by atoms with Gasteiger partial charge in [0.25, 0.3) is 0 Å². The predicted octanol–water partition coefficient (Wildman–Crippen LogP) is 2.64. The number of pyridine rings is 1. The van der Waals surface area contributed by atoms with E-state index in [0.717, 1.165) is 11.3 Å². The van der Waals surface area contributed by atoms with E-state index < -0.39 is 0 Å². The summed E-state index contributed by atoms with van der Waals surface area (Å²) in [4.78, 5) is 4.29. The third-order valence-corrected chi connectivity index (χ3v) is 2.78. The van der Waals surface area contributed by atoms with Gasteiger partial charge in [0.1, 0.15) is 5.65 Å². The number of imidazole rings is 1. The lowest BCUT2D eigenvalue weighted by atomic mass is 10.0. The number of hydrogen-bond donors (Lipinski definition) is 1. The molecule has 80 valence electrons. The summed E-state index contributed by atoms with van der Waals surface area (Å²) in [5.41, 5.74) is 7.98. The fourth-order valence-corrected chi connectivity index (χ4v) is 1.72. The Balaban J connectivity index is 2.56. The highest BCUT2D eigenvalue weighted by atomic mass is 35.5. The maximum atomic E-state index is 6.09. The highest BCUT2D eigenvalue weighted by molar-refractivity contribution is 6.30. The van der Waals surface area contributed by atoms with Crippen LogP contribution < -0.4 is 5.73 Å². The van der Waals surface area contributed by atoms with Gasteiger partial charge in [-0.15, -0.1) is 0 Å². The van der Waals surface area contributed by atoms with E-state index in [1.165, 1.54) is 0 Å². The Hall–Kier alpha value is -1.06. The summed E-state index contributed by atoms with van der Waals surface area (Å²) in [6.45, 7) is 4.18. The van der Waals surface area contributed by atoms with Crippen LogP contribution in [-0.4, -0.2) is 9.38 Å². The van der Waals surface area contributed by atoms with E-state index in [1.54, 1.807) is 0 Å². The molecule has 4 heteroatoms. The summed E-state index contributed by atoms with van der Waals surface area (Å²) >= 11 is 5.94. The van der Waals surface area contributed by atoms with Crippen LogP contribution in [0, 0.1) is 5.92 Å². The van der Waals surface area contributed by atoms with Crippen LogP contribution in [0.4, 0.5) is 0 Å². The smallest absolute Gasteiger partial charge is 0.137 e. The number of hydrogen-bond acceptors (Lipinski definition) is 2. The van der Waals surface area contributed by atoms with Gasteiger partial charge in [-0.3, -0.25) is 0 Å². The van der Waals surface area contributed by atoms with Gasteiger partial charge in [0, 0.05) is 12.2 Å². The molecule has 2 N–H and O–H groups in total. The second-order valence-corrected chi connectivity index (χ2v) is 4.46. The molecule has 0 fully saturated rings. The standard InChI is InChI=1S/C11H14ClN3/c1-7(2)11(13)9-5-14-10-4-3-8(12)6-15(9)10/h3-7,11H,13H2,1-2H3. The third-order valence-electron chi connectivity index (χ3n) is 2.56. The Labute approximate surface area is 93.9 Å². The molecule has 0 saturated carbocycles. The molecule has 0 amide bonds. The van der Waals surface area contributed by atoms with Crippen LogP contribution in [0.5, 0.6) is 0 Å². The van der Waals surface area contributed by atoms with E-state index in [4.69, 9.17) is 17.3 Å². The first-order valence-electron chi connectivity index (χ1n) is 4.97. The Kier molecular flexibility index (Phi) is 2.67. The van der Waals surface area contributed by atoms with Gasteiger partial charge in [0.05, 0.1) is 16.9 Å². The van der Waals surface area contributed by atoms with Crippen molar-refractivity contribution in [2.45, 2.75) is 19.9 Å². The summed E-state index contributed by atoms with van der Waals surface area (Å²) in [5.74, 6) is 0.379. The molecule has 3 nitrogen and oxygen atoms in total. The Bertz CT molecular complexity index is 476. The second-order valence-electron chi connectivity index (χ2n) is 4.03. The van der Waals surface area contributed by atoms with Crippen LogP contribution in [0.3, 0.4) is 0 Å². The third kappa shape index (κ3) is 1.85. The van der Waals surface area contributed by atoms with Crippen LogP contribution in [0.1, 0.15) is 25.6 Å². The lowest BCUT2D eigenvalue weighted by Crippen LogP contribution is -2.18. The number of aromatic nitrogens is 2. The van der Waals surface area contributed by atoms with Crippen molar-refractivity contribution < 1.29 is 0 Å². The fraction of sp³-hybridized carbons (Fsp3) is 0.364. The van der Waals surface area contributed by atoms with E-state index in [9.17, 15) is 0 Å². The molecule has 2 heterocycles. The zero-order chi connectivity index (χ0) is 11.0. The highest BCUT2D eigenvalue weighted by Gasteiger charge is 2.14. The molecular formula is C11H14ClN3. The summed E-state index contributed by atoms with van der Waals surface area (Å²) in [6.07, 6.45) is 3.66. The molecule has 1 atom stereocenters. The van der Waals surface area contributed by atoms with Gasteiger partial charge >= 0.3 is 0 Å². The zero-order valence-corrected chi connectivity index (χ0v) is 9.57. The molecule has 0 spiro atoms. The SMILES string of the molecule is CC(C)C(N)c1cnc2ccc(Cl)cn12. The zero-order valence-electron chi connectivity index (χ0n) is 8.81. The molecule has 0 aliphatic heterocycles. The van der Waals surface area contributed by atoms with Gasteiger partial charge in [0.15, 0.2) is 0 Å². The highest BCUT2D eigenvalue weighted by Crippen LogP contribution is 2.21. The van der Waals surface area contributed by atoms with Gasteiger partial charge < -0.3 is 10.1 Å². The number of fused-ring (bicyclic) bond motifs is 1. The first-order valence-corrected chi connectivity index (χ1v) is 5.35. The number of nitrogens with two attached hydrogens (primary N) is 1. The van der Waals surface area contributed by atoms with Crippen molar-refractivity contribution in [3.8, 4) is 0 Å². The van der Waals surface area contributed by atoms with Gasteiger partial charge in [-0.25, -0.2) is 4.98 Å². The summed E-state index contributed by atoms with van der Waals surface area (Å²) in [7, 11) is 0. The Morgan fingerprint density at radius 3 is 2.80 bits per heavy atom. The van der Waals surface area contributed by atoms with Crippen molar-refractivity contribution in [1.82, 2.24) is 9.38 Å². The van der Waals surface area contributed by atoms with E-state index in [2.05, 4.69) is 18.8 Å². The Morgan fingerprint density at radius 1 is 1.40 bits per heavy atom. The number of nitrogens with zero attached hydrogens (tertiary/aromatic N) is 2. The van der Waals surface area contributed by atoms with Gasteiger partial charge in [0.2, 0.25) is 0 Å². The van der Waals surface area contributed by atoms with Gasteiger partial charge in [-0.1, -0.05) is 25.4 Å². The van der Waals surface area contributed by atoms with Crippen LogP contribution in [0.2, 0.25) is 5.02 Å². The molecule has 2 rings (SSSR count). The molecule has 0 aromatic carbocycles. The molecule has 0 saturated heterocycles. The monoisotopic (exact) mass is 223 g/mol. The lowest BCUT2D eigenvalue weighted by molar-refractivity contribution is 0.500. The molecule has 0 bridgehead atoms. The average molecular weight is 224 g/mol. The van der Waals surface area contributed by atoms with Crippen molar-refractivity contribution in [3.05, 3.63) is 35.2 Å². The first-order chi connectivity index (χ1) is 7.09. The Morgan fingerprint density at radius 2 is 2.13 bits per heavy atom. The summed E-state index contributed by atoms with van der Waals surface area (Å²) in [5, 5.41) is 0.692. The largest absolute Gasteiger partial charge is 0.322 e. The molecule has 0 radical (unpaired) electrons. The van der Waals surface area contributed by atoms with E-state index in [-0.39, 0.29) is 6.04 Å².